The lowest BCUT2D eigenvalue weighted by Crippen LogP contribution is -2.42. The standard InChI is InChI=1S/C17H27N3O3S.ClH/c1-4-20(5-2)24(22,23)14-9-6-12(3)15(10-14)17(21)19-16(11-18)13-7-8-13;/h6,9-10,13,16H,4-5,7-8,11,18H2,1-3H3,(H,19,21);1H. The van der Waals surface area contributed by atoms with Gasteiger partial charge in [0.2, 0.25) is 10.0 Å². The fraction of sp³-hybridized carbons (Fsp3) is 0.588. The van der Waals surface area contributed by atoms with Crippen LogP contribution in [-0.4, -0.2) is 44.3 Å². The average Bonchev–Trinajstić information content (AvgIpc) is 3.38. The number of hydrogen-bond donors (Lipinski definition) is 2. The van der Waals surface area contributed by atoms with Gasteiger partial charge in [-0.25, -0.2) is 8.42 Å². The molecule has 1 saturated carbocycles. The zero-order valence-corrected chi connectivity index (χ0v) is 16.6. The summed E-state index contributed by atoms with van der Waals surface area (Å²) >= 11 is 0. The number of nitrogens with zero attached hydrogens (tertiary/aromatic N) is 1. The molecule has 0 heterocycles. The molecular weight excluding hydrogens is 362 g/mol. The smallest absolute Gasteiger partial charge is 0.251 e. The summed E-state index contributed by atoms with van der Waals surface area (Å²) < 4.78 is 26.7. The molecule has 0 saturated heterocycles. The summed E-state index contributed by atoms with van der Waals surface area (Å²) in [5, 5.41) is 2.95. The Kier molecular flexibility index (Phi) is 7.87. The minimum atomic E-state index is -3.58. The van der Waals surface area contributed by atoms with E-state index in [1.54, 1.807) is 32.9 Å². The van der Waals surface area contributed by atoms with Gasteiger partial charge >= 0.3 is 0 Å². The largest absolute Gasteiger partial charge is 0.348 e. The van der Waals surface area contributed by atoms with Crippen molar-refractivity contribution in [2.45, 2.75) is 44.6 Å². The van der Waals surface area contributed by atoms with Crippen molar-refractivity contribution in [1.29, 1.82) is 0 Å². The molecule has 6 nitrogen and oxygen atoms in total. The molecule has 3 N–H and O–H groups in total. The Morgan fingerprint density at radius 3 is 2.40 bits per heavy atom. The van der Waals surface area contributed by atoms with Gasteiger partial charge in [0.15, 0.2) is 0 Å². The number of carbonyl (C=O) groups is 1. The molecule has 142 valence electrons. The molecule has 1 aromatic carbocycles. The number of carbonyl (C=O) groups excluding carboxylic acids is 1. The van der Waals surface area contributed by atoms with Gasteiger partial charge < -0.3 is 11.1 Å². The van der Waals surface area contributed by atoms with Crippen molar-refractivity contribution in [1.82, 2.24) is 9.62 Å². The maximum Gasteiger partial charge on any atom is 0.251 e. The topological polar surface area (TPSA) is 92.5 Å². The number of benzene rings is 1. The van der Waals surface area contributed by atoms with E-state index in [9.17, 15) is 13.2 Å². The monoisotopic (exact) mass is 389 g/mol. The zero-order chi connectivity index (χ0) is 17.9. The van der Waals surface area contributed by atoms with Gasteiger partial charge in [0, 0.05) is 31.2 Å². The molecule has 1 aliphatic carbocycles. The fourth-order valence-electron chi connectivity index (χ4n) is 2.83. The van der Waals surface area contributed by atoms with Crippen LogP contribution in [0.25, 0.3) is 0 Å². The van der Waals surface area contributed by atoms with Crippen molar-refractivity contribution in [2.75, 3.05) is 19.6 Å². The lowest BCUT2D eigenvalue weighted by Gasteiger charge is -2.20. The van der Waals surface area contributed by atoms with Crippen LogP contribution in [0.15, 0.2) is 23.1 Å². The molecule has 0 aromatic heterocycles. The Balaban J connectivity index is 0.00000312. The van der Waals surface area contributed by atoms with Gasteiger partial charge in [0.05, 0.1) is 4.90 Å². The number of halogens is 1. The van der Waals surface area contributed by atoms with Crippen molar-refractivity contribution >= 4 is 28.3 Å². The van der Waals surface area contributed by atoms with Crippen molar-refractivity contribution in [3.8, 4) is 0 Å². The van der Waals surface area contributed by atoms with Crippen LogP contribution >= 0.6 is 12.4 Å². The number of amides is 1. The Bertz CT molecular complexity index is 701. The predicted molar refractivity (Wildman–Crippen MR) is 102 cm³/mol. The molecule has 0 radical (unpaired) electrons. The number of sulfonamides is 1. The Labute approximate surface area is 156 Å². The van der Waals surface area contributed by atoms with Gasteiger partial charge in [0.1, 0.15) is 0 Å². The molecular formula is C17H28ClN3O3S. The second-order valence-electron chi connectivity index (χ2n) is 6.22. The van der Waals surface area contributed by atoms with Crippen LogP contribution in [0, 0.1) is 12.8 Å². The van der Waals surface area contributed by atoms with E-state index in [1.165, 1.54) is 10.4 Å². The molecule has 1 amide bonds. The maximum atomic E-state index is 12.7. The minimum Gasteiger partial charge on any atom is -0.348 e. The number of nitrogens with two attached hydrogens (primary N) is 1. The lowest BCUT2D eigenvalue weighted by molar-refractivity contribution is 0.0932. The van der Waals surface area contributed by atoms with Gasteiger partial charge in [-0.05, 0) is 43.4 Å². The second-order valence-corrected chi connectivity index (χ2v) is 8.16. The molecule has 0 spiro atoms. The van der Waals surface area contributed by atoms with Crippen molar-refractivity contribution in [3.05, 3.63) is 29.3 Å². The van der Waals surface area contributed by atoms with E-state index < -0.39 is 10.0 Å². The van der Waals surface area contributed by atoms with Gasteiger partial charge in [-0.3, -0.25) is 4.79 Å². The summed E-state index contributed by atoms with van der Waals surface area (Å²) in [6.45, 7) is 6.58. The summed E-state index contributed by atoms with van der Waals surface area (Å²) in [4.78, 5) is 12.7. The number of nitrogens with one attached hydrogen (secondary N) is 1. The van der Waals surface area contributed by atoms with E-state index >= 15 is 0 Å². The number of aryl methyl sites for hydroxylation is 1. The van der Waals surface area contributed by atoms with Crippen LogP contribution in [0.2, 0.25) is 0 Å². The SMILES string of the molecule is CCN(CC)S(=O)(=O)c1ccc(C)c(C(=O)NC(CN)C2CC2)c1.Cl. The predicted octanol–water partition coefficient (Wildman–Crippen LogP) is 1.91. The Morgan fingerprint density at radius 2 is 1.92 bits per heavy atom. The molecule has 25 heavy (non-hydrogen) atoms. The summed E-state index contributed by atoms with van der Waals surface area (Å²) in [5.41, 5.74) is 6.87. The van der Waals surface area contributed by atoms with Gasteiger partial charge in [-0.1, -0.05) is 19.9 Å². The van der Waals surface area contributed by atoms with E-state index in [2.05, 4.69) is 5.32 Å². The Morgan fingerprint density at radius 1 is 1.32 bits per heavy atom. The first-order chi connectivity index (χ1) is 11.3. The highest BCUT2D eigenvalue weighted by molar-refractivity contribution is 7.89. The van der Waals surface area contributed by atoms with Crippen LogP contribution in [0.4, 0.5) is 0 Å². The summed E-state index contributed by atoms with van der Waals surface area (Å²) in [7, 11) is -3.58. The quantitative estimate of drug-likeness (QED) is 0.710. The third-order valence-electron chi connectivity index (χ3n) is 4.56. The van der Waals surface area contributed by atoms with Crippen LogP contribution in [0.5, 0.6) is 0 Å². The highest BCUT2D eigenvalue weighted by atomic mass is 35.5. The molecule has 0 aliphatic heterocycles. The number of hydrogen-bond acceptors (Lipinski definition) is 4. The summed E-state index contributed by atoms with van der Waals surface area (Å²) in [6, 6.07) is 4.67. The highest BCUT2D eigenvalue weighted by Gasteiger charge is 2.32. The first-order valence-electron chi connectivity index (χ1n) is 8.46. The highest BCUT2D eigenvalue weighted by Crippen LogP contribution is 2.32. The van der Waals surface area contributed by atoms with Crippen LogP contribution in [-0.2, 0) is 10.0 Å². The van der Waals surface area contributed by atoms with Crippen molar-refractivity contribution in [3.63, 3.8) is 0 Å². The van der Waals surface area contributed by atoms with E-state index in [4.69, 9.17) is 5.73 Å². The van der Waals surface area contributed by atoms with Gasteiger partial charge in [-0.2, -0.15) is 4.31 Å². The second kappa shape index (κ2) is 8.98. The molecule has 1 aliphatic rings. The lowest BCUT2D eigenvalue weighted by atomic mass is 10.1. The van der Waals surface area contributed by atoms with Crippen LogP contribution in [0.1, 0.15) is 42.6 Å². The van der Waals surface area contributed by atoms with Crippen molar-refractivity contribution < 1.29 is 13.2 Å². The first-order valence-corrected chi connectivity index (χ1v) is 9.90. The Hall–Kier alpha value is -1.15. The molecule has 1 fully saturated rings. The third-order valence-corrected chi connectivity index (χ3v) is 6.60. The maximum absolute atomic E-state index is 12.7. The third kappa shape index (κ3) is 4.94. The molecule has 1 aromatic rings. The average molecular weight is 390 g/mol. The van der Waals surface area contributed by atoms with Gasteiger partial charge in [-0.15, -0.1) is 12.4 Å². The van der Waals surface area contributed by atoms with E-state index in [0.29, 0.717) is 31.1 Å². The van der Waals surface area contributed by atoms with Gasteiger partial charge in [0.25, 0.3) is 5.91 Å². The van der Waals surface area contributed by atoms with E-state index in [0.717, 1.165) is 18.4 Å². The fourth-order valence-corrected chi connectivity index (χ4v) is 4.32. The molecule has 8 heteroatoms. The zero-order valence-electron chi connectivity index (χ0n) is 15.0. The molecule has 1 unspecified atom stereocenters. The van der Waals surface area contributed by atoms with Crippen molar-refractivity contribution in [2.24, 2.45) is 11.7 Å². The van der Waals surface area contributed by atoms with E-state index in [1.807, 2.05) is 0 Å². The van der Waals surface area contributed by atoms with Crippen LogP contribution in [0.3, 0.4) is 0 Å². The van der Waals surface area contributed by atoms with Crippen LogP contribution < -0.4 is 11.1 Å². The normalized spacial score (nSPS) is 15.6. The van der Waals surface area contributed by atoms with E-state index in [-0.39, 0.29) is 29.3 Å². The molecule has 1 atom stereocenters. The number of rotatable bonds is 8. The first kappa shape index (κ1) is 21.9. The minimum absolute atomic E-state index is 0. The molecule has 2 rings (SSSR count). The summed E-state index contributed by atoms with van der Waals surface area (Å²) in [5.74, 6) is 0.188. The molecule has 0 bridgehead atoms. The summed E-state index contributed by atoms with van der Waals surface area (Å²) in [6.07, 6.45) is 2.16.